The number of amides is 2. The standard InChI is InChI=1S/C18H25N3O2S/c1-24-18-15(9-6-10-19-18)17(23)20-13-11-16(22)21(12-13)14-7-4-2-3-5-8-14/h6,9-10,13-14H,2-5,7-8,11-12H2,1H3,(H,20,23). The maximum absolute atomic E-state index is 12.5. The van der Waals surface area contributed by atoms with Gasteiger partial charge in [-0.25, -0.2) is 4.98 Å². The van der Waals surface area contributed by atoms with Crippen LogP contribution in [0.3, 0.4) is 0 Å². The summed E-state index contributed by atoms with van der Waals surface area (Å²) in [7, 11) is 0. The molecule has 1 N–H and O–H groups in total. The van der Waals surface area contributed by atoms with E-state index in [0.717, 1.165) is 17.9 Å². The van der Waals surface area contributed by atoms with E-state index in [-0.39, 0.29) is 17.9 Å². The summed E-state index contributed by atoms with van der Waals surface area (Å²) in [6, 6.07) is 3.82. The van der Waals surface area contributed by atoms with Crippen molar-refractivity contribution >= 4 is 23.6 Å². The van der Waals surface area contributed by atoms with Gasteiger partial charge in [-0.05, 0) is 31.2 Å². The number of aromatic nitrogens is 1. The second-order valence-corrected chi connectivity index (χ2v) is 7.42. The second-order valence-electron chi connectivity index (χ2n) is 6.63. The molecule has 1 saturated carbocycles. The zero-order valence-electron chi connectivity index (χ0n) is 14.2. The van der Waals surface area contributed by atoms with Gasteiger partial charge < -0.3 is 10.2 Å². The van der Waals surface area contributed by atoms with Crippen LogP contribution in [0.2, 0.25) is 0 Å². The summed E-state index contributed by atoms with van der Waals surface area (Å²) < 4.78 is 0. The van der Waals surface area contributed by atoms with Crippen molar-refractivity contribution in [2.45, 2.75) is 62.1 Å². The molecular weight excluding hydrogens is 322 g/mol. The summed E-state index contributed by atoms with van der Waals surface area (Å²) in [5.41, 5.74) is 0.588. The molecule has 2 amide bonds. The highest BCUT2D eigenvalue weighted by molar-refractivity contribution is 7.98. The Hall–Kier alpha value is -1.56. The summed E-state index contributed by atoms with van der Waals surface area (Å²) in [6.45, 7) is 0.643. The lowest BCUT2D eigenvalue weighted by atomic mass is 10.1. The Labute approximate surface area is 147 Å². The van der Waals surface area contributed by atoms with Gasteiger partial charge in [-0.3, -0.25) is 9.59 Å². The van der Waals surface area contributed by atoms with Gasteiger partial charge in [0.15, 0.2) is 0 Å². The first kappa shape index (κ1) is 17.3. The molecule has 0 aromatic carbocycles. The van der Waals surface area contributed by atoms with Gasteiger partial charge in [-0.2, -0.15) is 0 Å². The molecule has 1 unspecified atom stereocenters. The Kier molecular flexibility index (Phi) is 5.76. The molecular formula is C18H25N3O2S. The maximum Gasteiger partial charge on any atom is 0.254 e. The molecule has 1 saturated heterocycles. The van der Waals surface area contributed by atoms with Crippen molar-refractivity contribution in [1.29, 1.82) is 0 Å². The van der Waals surface area contributed by atoms with Crippen LogP contribution >= 0.6 is 11.8 Å². The molecule has 130 valence electrons. The predicted molar refractivity (Wildman–Crippen MR) is 95.1 cm³/mol. The van der Waals surface area contributed by atoms with Gasteiger partial charge in [-0.1, -0.05) is 25.7 Å². The van der Waals surface area contributed by atoms with Crippen LogP contribution in [0.1, 0.15) is 55.3 Å². The van der Waals surface area contributed by atoms with Crippen LogP contribution in [-0.4, -0.2) is 46.6 Å². The van der Waals surface area contributed by atoms with Crippen molar-refractivity contribution in [3.8, 4) is 0 Å². The zero-order chi connectivity index (χ0) is 16.9. The fourth-order valence-electron chi connectivity index (χ4n) is 3.74. The van der Waals surface area contributed by atoms with E-state index in [0.29, 0.717) is 24.6 Å². The van der Waals surface area contributed by atoms with E-state index in [2.05, 4.69) is 10.3 Å². The summed E-state index contributed by atoms with van der Waals surface area (Å²) in [4.78, 5) is 31.2. The van der Waals surface area contributed by atoms with Gasteiger partial charge in [0.1, 0.15) is 5.03 Å². The SMILES string of the molecule is CSc1ncccc1C(=O)NC1CC(=O)N(C2CCCCCC2)C1. The van der Waals surface area contributed by atoms with E-state index < -0.39 is 0 Å². The first-order chi connectivity index (χ1) is 11.7. The van der Waals surface area contributed by atoms with Crippen molar-refractivity contribution in [3.05, 3.63) is 23.9 Å². The van der Waals surface area contributed by atoms with Gasteiger partial charge >= 0.3 is 0 Å². The van der Waals surface area contributed by atoms with Gasteiger partial charge in [-0.15, -0.1) is 11.8 Å². The maximum atomic E-state index is 12.5. The van der Waals surface area contributed by atoms with E-state index in [1.165, 1.54) is 37.4 Å². The van der Waals surface area contributed by atoms with Crippen LogP contribution in [0.4, 0.5) is 0 Å². The molecule has 2 fully saturated rings. The third-order valence-corrected chi connectivity index (χ3v) is 5.68. The number of pyridine rings is 1. The first-order valence-corrected chi connectivity index (χ1v) is 10.0. The fourth-order valence-corrected chi connectivity index (χ4v) is 4.29. The van der Waals surface area contributed by atoms with Crippen molar-refractivity contribution in [2.24, 2.45) is 0 Å². The van der Waals surface area contributed by atoms with Gasteiger partial charge in [0, 0.05) is 25.2 Å². The third kappa shape index (κ3) is 3.91. The summed E-state index contributed by atoms with van der Waals surface area (Å²) in [5.74, 6) is 0.0523. The van der Waals surface area contributed by atoms with Gasteiger partial charge in [0.2, 0.25) is 5.91 Å². The first-order valence-electron chi connectivity index (χ1n) is 8.78. The Morgan fingerprint density at radius 2 is 2.04 bits per heavy atom. The largest absolute Gasteiger partial charge is 0.347 e. The smallest absolute Gasteiger partial charge is 0.254 e. The predicted octanol–water partition coefficient (Wildman–Crippen LogP) is 2.86. The van der Waals surface area contributed by atoms with Gasteiger partial charge in [0.25, 0.3) is 5.91 Å². The molecule has 2 aliphatic rings. The number of hydrogen-bond donors (Lipinski definition) is 1. The third-order valence-electron chi connectivity index (χ3n) is 4.97. The average molecular weight is 347 g/mol. The van der Waals surface area contributed by atoms with E-state index >= 15 is 0 Å². The number of carbonyl (C=O) groups is 2. The van der Waals surface area contributed by atoms with Crippen LogP contribution < -0.4 is 5.32 Å². The molecule has 2 heterocycles. The second kappa shape index (κ2) is 8.01. The van der Waals surface area contributed by atoms with Crippen molar-refractivity contribution in [3.63, 3.8) is 0 Å². The molecule has 0 radical (unpaired) electrons. The molecule has 24 heavy (non-hydrogen) atoms. The lowest BCUT2D eigenvalue weighted by Crippen LogP contribution is -2.40. The summed E-state index contributed by atoms with van der Waals surface area (Å²) in [5, 5.41) is 3.75. The normalized spacial score (nSPS) is 22.5. The van der Waals surface area contributed by atoms with E-state index in [1.807, 2.05) is 11.2 Å². The Bertz CT molecular complexity index is 600. The summed E-state index contributed by atoms with van der Waals surface area (Å²) >= 11 is 1.46. The minimum absolute atomic E-state index is 0.0943. The van der Waals surface area contributed by atoms with Crippen molar-refractivity contribution in [2.75, 3.05) is 12.8 Å². The number of nitrogens with one attached hydrogen (secondary N) is 1. The molecule has 6 heteroatoms. The highest BCUT2D eigenvalue weighted by Crippen LogP contribution is 2.26. The topological polar surface area (TPSA) is 62.3 Å². The van der Waals surface area contributed by atoms with Crippen LogP contribution in [0.5, 0.6) is 0 Å². The number of nitrogens with zero attached hydrogens (tertiary/aromatic N) is 2. The summed E-state index contributed by atoms with van der Waals surface area (Å²) in [6.07, 6.45) is 11.2. The zero-order valence-corrected chi connectivity index (χ0v) is 15.0. The Balaban J connectivity index is 1.62. The lowest BCUT2D eigenvalue weighted by Gasteiger charge is -2.27. The van der Waals surface area contributed by atoms with Crippen LogP contribution in [0, 0.1) is 0 Å². The lowest BCUT2D eigenvalue weighted by molar-refractivity contribution is -0.129. The highest BCUT2D eigenvalue weighted by atomic mass is 32.2. The Morgan fingerprint density at radius 3 is 2.75 bits per heavy atom. The molecule has 1 aromatic rings. The van der Waals surface area contributed by atoms with Crippen LogP contribution in [-0.2, 0) is 4.79 Å². The van der Waals surface area contributed by atoms with Crippen molar-refractivity contribution in [1.82, 2.24) is 15.2 Å². The molecule has 3 rings (SSSR count). The minimum Gasteiger partial charge on any atom is -0.347 e. The molecule has 0 bridgehead atoms. The molecule has 1 aliphatic carbocycles. The number of likely N-dealkylation sites (tertiary alicyclic amines) is 1. The van der Waals surface area contributed by atoms with Crippen LogP contribution in [0.15, 0.2) is 23.4 Å². The number of thioether (sulfide) groups is 1. The Morgan fingerprint density at radius 1 is 1.29 bits per heavy atom. The molecule has 5 nitrogen and oxygen atoms in total. The molecule has 1 atom stereocenters. The highest BCUT2D eigenvalue weighted by Gasteiger charge is 2.35. The van der Waals surface area contributed by atoms with E-state index in [4.69, 9.17) is 0 Å². The van der Waals surface area contributed by atoms with Crippen LogP contribution in [0.25, 0.3) is 0 Å². The van der Waals surface area contributed by atoms with Gasteiger partial charge in [0.05, 0.1) is 11.6 Å². The van der Waals surface area contributed by atoms with E-state index in [1.54, 1.807) is 18.3 Å². The monoisotopic (exact) mass is 347 g/mol. The average Bonchev–Trinajstić information content (AvgIpc) is 2.79. The molecule has 1 aromatic heterocycles. The fraction of sp³-hybridized carbons (Fsp3) is 0.611. The quantitative estimate of drug-likeness (QED) is 0.672. The molecule has 1 aliphatic heterocycles. The number of rotatable bonds is 4. The number of hydrogen-bond acceptors (Lipinski definition) is 4. The van der Waals surface area contributed by atoms with Crippen molar-refractivity contribution < 1.29 is 9.59 Å². The molecule has 0 spiro atoms. The number of carbonyl (C=O) groups excluding carboxylic acids is 2. The minimum atomic E-state index is -0.132. The van der Waals surface area contributed by atoms with E-state index in [9.17, 15) is 9.59 Å².